The Hall–Kier alpha value is -1.71. The fourth-order valence-corrected chi connectivity index (χ4v) is 0. The van der Waals surface area contributed by atoms with Crippen LogP contribution in [0.3, 0.4) is 0 Å². The van der Waals surface area contributed by atoms with E-state index in [4.69, 9.17) is 45.0 Å². The molecule has 0 amide bonds. The van der Waals surface area contributed by atoms with Crippen LogP contribution >= 0.6 is 0 Å². The Kier molecular flexibility index (Phi) is 89.8. The molecule has 0 rings (SSSR count). The first-order valence-corrected chi connectivity index (χ1v) is 5.85. The minimum absolute atomic E-state index is 0.250. The van der Waals surface area contributed by atoms with Crippen LogP contribution < -0.4 is 0 Å². The second-order valence-electron chi connectivity index (χ2n) is 2.51. The van der Waals surface area contributed by atoms with Gasteiger partial charge in [-0.25, -0.2) is 0 Å². The molecular formula is C12H30O9. The highest BCUT2D eigenvalue weighted by Crippen LogP contribution is 1.42. The SMILES string of the molecule is CC(=O)O.CC(=O)O.CC(=O)O.CCO.CCO.CCO. The highest BCUT2D eigenvalue weighted by Gasteiger charge is 1.66. The maximum Gasteiger partial charge on any atom is 0.300 e. The lowest BCUT2D eigenvalue weighted by molar-refractivity contribution is -0.135. The molecule has 0 saturated heterocycles. The molecule has 21 heavy (non-hydrogen) atoms. The molecule has 0 aromatic carbocycles. The zero-order chi connectivity index (χ0) is 18.9. The van der Waals surface area contributed by atoms with E-state index in [-0.39, 0.29) is 19.8 Å². The first-order chi connectivity index (χ1) is 9.44. The van der Waals surface area contributed by atoms with Gasteiger partial charge in [0.1, 0.15) is 0 Å². The van der Waals surface area contributed by atoms with Crippen molar-refractivity contribution in [3.63, 3.8) is 0 Å². The van der Waals surface area contributed by atoms with Gasteiger partial charge in [0, 0.05) is 40.6 Å². The second kappa shape index (κ2) is 51.6. The maximum absolute atomic E-state index is 9.00. The number of carboxylic acids is 3. The molecule has 9 nitrogen and oxygen atoms in total. The van der Waals surface area contributed by atoms with Gasteiger partial charge in [-0.1, -0.05) is 0 Å². The van der Waals surface area contributed by atoms with Gasteiger partial charge in [-0.3, -0.25) is 14.4 Å². The molecule has 0 fully saturated rings. The van der Waals surface area contributed by atoms with Gasteiger partial charge in [0.2, 0.25) is 0 Å². The van der Waals surface area contributed by atoms with E-state index in [0.29, 0.717) is 0 Å². The molecule has 0 aromatic rings. The summed E-state index contributed by atoms with van der Waals surface area (Å²) in [6.45, 7) is 9.04. The number of carbonyl (C=O) groups is 3. The molecule has 0 aliphatic heterocycles. The van der Waals surface area contributed by atoms with Crippen molar-refractivity contribution < 1.29 is 45.0 Å². The number of rotatable bonds is 0. The van der Waals surface area contributed by atoms with Gasteiger partial charge in [-0.15, -0.1) is 0 Å². The number of carboxylic acid groups (broad SMARTS) is 3. The van der Waals surface area contributed by atoms with E-state index in [2.05, 4.69) is 0 Å². The molecule has 0 aliphatic carbocycles. The largest absolute Gasteiger partial charge is 0.481 e. The van der Waals surface area contributed by atoms with E-state index < -0.39 is 17.9 Å². The average molecular weight is 318 g/mol. The van der Waals surface area contributed by atoms with Crippen molar-refractivity contribution in [1.82, 2.24) is 0 Å². The first kappa shape index (κ1) is 36.5. The van der Waals surface area contributed by atoms with E-state index in [9.17, 15) is 0 Å². The average Bonchev–Trinajstić information content (AvgIpc) is 2.16. The molecule has 0 radical (unpaired) electrons. The highest BCUT2D eigenvalue weighted by atomic mass is 16.4. The molecule has 0 aromatic heterocycles. The quantitative estimate of drug-likeness (QED) is 0.366. The molecule has 6 N–H and O–H groups in total. The maximum atomic E-state index is 9.00. The Bertz CT molecular complexity index is 148. The summed E-state index contributed by atoms with van der Waals surface area (Å²) >= 11 is 0. The van der Waals surface area contributed by atoms with Crippen LogP contribution in [0.5, 0.6) is 0 Å². The summed E-state index contributed by atoms with van der Waals surface area (Å²) < 4.78 is 0. The number of hydrogen-bond acceptors (Lipinski definition) is 6. The van der Waals surface area contributed by atoms with Crippen LogP contribution in [0.1, 0.15) is 41.5 Å². The zero-order valence-corrected chi connectivity index (χ0v) is 13.5. The summed E-state index contributed by atoms with van der Waals surface area (Å²) in [6, 6.07) is 0. The Morgan fingerprint density at radius 2 is 0.571 bits per heavy atom. The van der Waals surface area contributed by atoms with Crippen molar-refractivity contribution in [3.8, 4) is 0 Å². The van der Waals surface area contributed by atoms with Crippen LogP contribution in [0, 0.1) is 0 Å². The summed E-state index contributed by atoms with van der Waals surface area (Å²) in [5.74, 6) is -2.50. The fourth-order valence-electron chi connectivity index (χ4n) is 0. The van der Waals surface area contributed by atoms with Gasteiger partial charge in [0.25, 0.3) is 17.9 Å². The van der Waals surface area contributed by atoms with Crippen molar-refractivity contribution in [3.05, 3.63) is 0 Å². The lowest BCUT2D eigenvalue weighted by atomic mass is 10.9. The molecule has 0 heterocycles. The Morgan fingerprint density at radius 3 is 0.571 bits per heavy atom. The third-order valence-corrected chi connectivity index (χ3v) is 0. The molecule has 9 heteroatoms. The number of aliphatic hydroxyl groups is 3. The van der Waals surface area contributed by atoms with Gasteiger partial charge < -0.3 is 30.6 Å². The molecular weight excluding hydrogens is 288 g/mol. The third-order valence-electron chi connectivity index (χ3n) is 0. The summed E-state index contributed by atoms with van der Waals surface area (Å²) in [5, 5.41) is 45.0. The predicted octanol–water partition coefficient (Wildman–Crippen LogP) is 0.268. The minimum atomic E-state index is -0.833. The first-order valence-electron chi connectivity index (χ1n) is 5.85. The van der Waals surface area contributed by atoms with Gasteiger partial charge in [0.05, 0.1) is 0 Å². The van der Waals surface area contributed by atoms with Crippen LogP contribution in [0.2, 0.25) is 0 Å². The van der Waals surface area contributed by atoms with Gasteiger partial charge in [-0.05, 0) is 20.8 Å². The van der Waals surface area contributed by atoms with Gasteiger partial charge in [-0.2, -0.15) is 0 Å². The third kappa shape index (κ3) is 1660. The van der Waals surface area contributed by atoms with Crippen LogP contribution in [0.25, 0.3) is 0 Å². The van der Waals surface area contributed by atoms with Crippen molar-refractivity contribution in [1.29, 1.82) is 0 Å². The smallest absolute Gasteiger partial charge is 0.300 e. The highest BCUT2D eigenvalue weighted by molar-refractivity contribution is 5.63. The zero-order valence-electron chi connectivity index (χ0n) is 13.5. The normalized spacial score (nSPS) is 6.14. The Morgan fingerprint density at radius 1 is 0.571 bits per heavy atom. The van der Waals surface area contributed by atoms with Crippen LogP contribution in [-0.2, 0) is 14.4 Å². The summed E-state index contributed by atoms with van der Waals surface area (Å²) in [6.07, 6.45) is 0. The van der Waals surface area contributed by atoms with Crippen molar-refractivity contribution in [2.75, 3.05) is 19.8 Å². The van der Waals surface area contributed by atoms with Gasteiger partial charge in [0.15, 0.2) is 0 Å². The predicted molar refractivity (Wildman–Crippen MR) is 78.2 cm³/mol. The summed E-state index contributed by atoms with van der Waals surface area (Å²) in [7, 11) is 0. The number of aliphatic hydroxyl groups excluding tert-OH is 3. The topological polar surface area (TPSA) is 173 Å². The molecule has 0 saturated carbocycles. The molecule has 0 bridgehead atoms. The number of hydrogen-bond donors (Lipinski definition) is 6. The lowest BCUT2D eigenvalue weighted by Crippen LogP contribution is -1.78. The summed E-state index contributed by atoms with van der Waals surface area (Å²) in [4.78, 5) is 27.0. The standard InChI is InChI=1S/3C2H4O2.3C2H6O/c3*1-2(3)4;3*1-2-3/h3*1H3,(H,3,4);3*3H,2H2,1H3. The van der Waals surface area contributed by atoms with Crippen molar-refractivity contribution >= 4 is 17.9 Å². The van der Waals surface area contributed by atoms with E-state index in [1.54, 1.807) is 20.8 Å². The van der Waals surface area contributed by atoms with E-state index in [1.165, 1.54) is 0 Å². The van der Waals surface area contributed by atoms with Crippen LogP contribution in [-0.4, -0.2) is 68.4 Å². The monoisotopic (exact) mass is 318 g/mol. The second-order valence-corrected chi connectivity index (χ2v) is 2.51. The Balaban J connectivity index is -0.0000000324. The summed E-state index contributed by atoms with van der Waals surface area (Å²) in [5.41, 5.74) is 0. The van der Waals surface area contributed by atoms with E-state index >= 15 is 0 Å². The van der Waals surface area contributed by atoms with Gasteiger partial charge >= 0.3 is 0 Å². The molecule has 0 spiro atoms. The molecule has 0 unspecified atom stereocenters. The molecule has 0 atom stereocenters. The van der Waals surface area contributed by atoms with E-state index in [0.717, 1.165) is 20.8 Å². The van der Waals surface area contributed by atoms with Crippen LogP contribution in [0.4, 0.5) is 0 Å². The fraction of sp³-hybridized carbons (Fsp3) is 0.750. The molecule has 132 valence electrons. The Labute approximate surface area is 125 Å². The molecule has 0 aliphatic rings. The van der Waals surface area contributed by atoms with Crippen LogP contribution in [0.15, 0.2) is 0 Å². The number of aliphatic carboxylic acids is 3. The minimum Gasteiger partial charge on any atom is -0.481 e. The van der Waals surface area contributed by atoms with E-state index in [1.807, 2.05) is 0 Å². The van der Waals surface area contributed by atoms with Crippen molar-refractivity contribution in [2.24, 2.45) is 0 Å². The lowest BCUT2D eigenvalue weighted by Gasteiger charge is -1.59. The van der Waals surface area contributed by atoms with Crippen molar-refractivity contribution in [2.45, 2.75) is 41.5 Å².